The fourth-order valence-electron chi connectivity index (χ4n) is 3.55. The molecule has 1 atom stereocenters. The van der Waals surface area contributed by atoms with Gasteiger partial charge in [0, 0.05) is 11.6 Å². The van der Waals surface area contributed by atoms with E-state index in [0.717, 1.165) is 21.3 Å². The highest BCUT2D eigenvalue weighted by Gasteiger charge is 2.31. The Balaban J connectivity index is 1.47. The van der Waals surface area contributed by atoms with Gasteiger partial charge in [0.2, 0.25) is 10.0 Å². The van der Waals surface area contributed by atoms with Gasteiger partial charge in [0.15, 0.2) is 15.0 Å². The number of fused-ring (bicyclic) bond motifs is 1. The van der Waals surface area contributed by atoms with Gasteiger partial charge in [-0.25, -0.2) is 26.5 Å². The fraction of sp³-hybridized carbons (Fsp3) is 0.300. The number of rotatable bonds is 5. The number of hydrogen-bond acceptors (Lipinski definition) is 7. The van der Waals surface area contributed by atoms with Gasteiger partial charge in [-0.05, 0) is 61.7 Å². The number of benzene rings is 2. The lowest BCUT2D eigenvalue weighted by molar-refractivity contribution is 0.102. The third-order valence-electron chi connectivity index (χ3n) is 5.03. The number of anilines is 1. The molecule has 2 heterocycles. The van der Waals surface area contributed by atoms with Gasteiger partial charge in [0.05, 0.1) is 26.6 Å². The Kier molecular flexibility index (Phi) is 5.63. The third-order valence-corrected chi connectivity index (χ3v) is 9.25. The van der Waals surface area contributed by atoms with Crippen LogP contribution in [0.25, 0.3) is 10.2 Å². The molecule has 8 nitrogen and oxygen atoms in total. The number of aryl methyl sites for hydroxylation is 2. The number of carbonyl (C=O) groups is 1. The molecule has 1 amide bonds. The van der Waals surface area contributed by atoms with E-state index in [2.05, 4.69) is 15.0 Å². The van der Waals surface area contributed by atoms with E-state index in [4.69, 9.17) is 0 Å². The Hall–Kier alpha value is -2.34. The number of hydrogen-bond donors (Lipinski definition) is 2. The molecule has 1 unspecified atom stereocenters. The molecule has 11 heteroatoms. The van der Waals surface area contributed by atoms with Gasteiger partial charge in [0.25, 0.3) is 5.91 Å². The summed E-state index contributed by atoms with van der Waals surface area (Å²) in [5.74, 6) is -0.620. The number of nitrogens with one attached hydrogen (secondary N) is 2. The summed E-state index contributed by atoms with van der Waals surface area (Å²) in [6.45, 7) is 3.97. The summed E-state index contributed by atoms with van der Waals surface area (Å²) >= 11 is 1.38. The molecule has 0 aliphatic carbocycles. The van der Waals surface area contributed by atoms with Crippen molar-refractivity contribution in [1.29, 1.82) is 0 Å². The SMILES string of the molecule is Cc1cc(C)c2nc(NC(=O)c3ccc(S(=O)(=O)NC4CCS(=O)(=O)C4)cc3)sc2c1. The Morgan fingerprint density at radius 1 is 1.16 bits per heavy atom. The standard InChI is InChI=1S/C20H21N3O5S3/c1-12-9-13(2)18-17(10-12)29-20(21-18)22-19(24)14-3-5-16(6-4-14)31(27,28)23-15-7-8-30(25,26)11-15/h3-6,9-10,15,23H,7-8,11H2,1-2H3,(H,21,22,24). The summed E-state index contributed by atoms with van der Waals surface area (Å²) in [6.07, 6.45) is 0.253. The maximum absolute atomic E-state index is 12.6. The van der Waals surface area contributed by atoms with Crippen molar-refractivity contribution in [2.24, 2.45) is 0 Å². The highest BCUT2D eigenvalue weighted by atomic mass is 32.2. The lowest BCUT2D eigenvalue weighted by Crippen LogP contribution is -2.35. The Labute approximate surface area is 184 Å². The first-order chi connectivity index (χ1) is 14.5. The molecule has 0 saturated carbocycles. The minimum atomic E-state index is -3.88. The maximum atomic E-state index is 12.6. The fourth-order valence-corrected chi connectivity index (χ4v) is 7.64. The maximum Gasteiger partial charge on any atom is 0.257 e. The lowest BCUT2D eigenvalue weighted by Gasteiger charge is -2.12. The van der Waals surface area contributed by atoms with E-state index in [9.17, 15) is 21.6 Å². The van der Waals surface area contributed by atoms with Crippen molar-refractivity contribution >= 4 is 52.5 Å². The number of sulfone groups is 1. The highest BCUT2D eigenvalue weighted by molar-refractivity contribution is 7.92. The Morgan fingerprint density at radius 3 is 2.52 bits per heavy atom. The summed E-state index contributed by atoms with van der Waals surface area (Å²) in [5.41, 5.74) is 3.28. The molecule has 0 spiro atoms. The van der Waals surface area contributed by atoms with Gasteiger partial charge in [0.1, 0.15) is 0 Å². The molecule has 4 rings (SSSR count). The van der Waals surface area contributed by atoms with Gasteiger partial charge in [-0.2, -0.15) is 0 Å². The van der Waals surface area contributed by atoms with E-state index >= 15 is 0 Å². The Morgan fingerprint density at radius 2 is 1.87 bits per heavy atom. The van der Waals surface area contributed by atoms with Crippen LogP contribution in [0, 0.1) is 13.8 Å². The molecule has 31 heavy (non-hydrogen) atoms. The highest BCUT2D eigenvalue weighted by Crippen LogP contribution is 2.29. The molecule has 1 aliphatic heterocycles. The predicted molar refractivity (Wildman–Crippen MR) is 121 cm³/mol. The second kappa shape index (κ2) is 7.97. The molecule has 3 aromatic rings. The Bertz CT molecular complexity index is 1380. The zero-order valence-electron chi connectivity index (χ0n) is 16.9. The van der Waals surface area contributed by atoms with Gasteiger partial charge >= 0.3 is 0 Å². The lowest BCUT2D eigenvalue weighted by atomic mass is 10.1. The zero-order valence-corrected chi connectivity index (χ0v) is 19.3. The van der Waals surface area contributed by atoms with E-state index in [1.807, 2.05) is 26.0 Å². The second-order valence-corrected chi connectivity index (χ2v) is 12.6. The van der Waals surface area contributed by atoms with Gasteiger partial charge in [-0.1, -0.05) is 17.4 Å². The first-order valence-corrected chi connectivity index (χ1v) is 13.7. The molecule has 1 aromatic heterocycles. The van der Waals surface area contributed by atoms with Crippen LogP contribution in [0.15, 0.2) is 41.3 Å². The first-order valence-electron chi connectivity index (χ1n) is 9.54. The van der Waals surface area contributed by atoms with Crippen LogP contribution in [0.2, 0.25) is 0 Å². The average Bonchev–Trinajstić information content (AvgIpc) is 3.23. The summed E-state index contributed by atoms with van der Waals surface area (Å²) in [4.78, 5) is 17.0. The molecule has 1 fully saturated rings. The molecule has 2 N–H and O–H groups in total. The summed E-state index contributed by atoms with van der Waals surface area (Å²) in [6, 6.07) is 8.89. The molecule has 164 valence electrons. The normalized spacial score (nSPS) is 18.3. The number of nitrogens with zero attached hydrogens (tertiary/aromatic N) is 1. The van der Waals surface area contributed by atoms with Crippen LogP contribution in [0.1, 0.15) is 27.9 Å². The van der Waals surface area contributed by atoms with Crippen LogP contribution < -0.4 is 10.0 Å². The van der Waals surface area contributed by atoms with Crippen molar-refractivity contribution in [1.82, 2.24) is 9.71 Å². The van der Waals surface area contributed by atoms with Crippen LogP contribution in [-0.4, -0.2) is 45.3 Å². The number of thiazole rings is 1. The molecular weight excluding hydrogens is 458 g/mol. The molecule has 2 aromatic carbocycles. The number of carbonyl (C=O) groups excluding carboxylic acids is 1. The van der Waals surface area contributed by atoms with E-state index in [0.29, 0.717) is 5.13 Å². The third kappa shape index (κ3) is 4.79. The number of sulfonamides is 1. The van der Waals surface area contributed by atoms with Crippen molar-refractivity contribution in [3.8, 4) is 0 Å². The molecular formula is C20H21N3O5S3. The van der Waals surface area contributed by atoms with Crippen molar-refractivity contribution in [3.63, 3.8) is 0 Å². The van der Waals surface area contributed by atoms with Crippen molar-refractivity contribution in [3.05, 3.63) is 53.1 Å². The van der Waals surface area contributed by atoms with E-state index in [1.54, 1.807) is 0 Å². The van der Waals surface area contributed by atoms with Crippen LogP contribution >= 0.6 is 11.3 Å². The molecule has 1 aliphatic rings. The monoisotopic (exact) mass is 479 g/mol. The molecule has 0 bridgehead atoms. The summed E-state index contributed by atoms with van der Waals surface area (Å²) in [7, 11) is -7.08. The molecule has 1 saturated heterocycles. The number of aromatic nitrogens is 1. The molecule has 0 radical (unpaired) electrons. The average molecular weight is 480 g/mol. The van der Waals surface area contributed by atoms with Gasteiger partial charge in [-0.3, -0.25) is 10.1 Å². The smallest absolute Gasteiger partial charge is 0.257 e. The minimum absolute atomic E-state index is 0.0237. The van der Waals surface area contributed by atoms with Crippen molar-refractivity contribution in [2.75, 3.05) is 16.8 Å². The van der Waals surface area contributed by atoms with Gasteiger partial charge < -0.3 is 0 Å². The topological polar surface area (TPSA) is 122 Å². The number of amides is 1. The van der Waals surface area contributed by atoms with Crippen LogP contribution in [-0.2, 0) is 19.9 Å². The largest absolute Gasteiger partial charge is 0.298 e. The summed E-state index contributed by atoms with van der Waals surface area (Å²) in [5, 5.41) is 3.22. The van der Waals surface area contributed by atoms with E-state index in [-0.39, 0.29) is 28.4 Å². The van der Waals surface area contributed by atoms with Crippen LogP contribution in [0.5, 0.6) is 0 Å². The second-order valence-electron chi connectivity index (χ2n) is 7.65. The van der Waals surface area contributed by atoms with Crippen LogP contribution in [0.4, 0.5) is 5.13 Å². The van der Waals surface area contributed by atoms with Gasteiger partial charge in [-0.15, -0.1) is 0 Å². The van der Waals surface area contributed by atoms with Crippen molar-refractivity contribution < 1.29 is 21.6 Å². The summed E-state index contributed by atoms with van der Waals surface area (Å²) < 4.78 is 51.5. The predicted octanol–water partition coefficient (Wildman–Crippen LogP) is 2.63. The quantitative estimate of drug-likeness (QED) is 0.580. The zero-order chi connectivity index (χ0) is 22.4. The van der Waals surface area contributed by atoms with Crippen molar-refractivity contribution in [2.45, 2.75) is 31.2 Å². The van der Waals surface area contributed by atoms with E-state index in [1.165, 1.54) is 35.6 Å². The first kappa shape index (κ1) is 21.9. The van der Waals surface area contributed by atoms with Crippen LogP contribution in [0.3, 0.4) is 0 Å². The van der Waals surface area contributed by atoms with E-state index < -0.39 is 31.8 Å². The minimum Gasteiger partial charge on any atom is -0.298 e.